The van der Waals surface area contributed by atoms with E-state index in [1.165, 1.54) is 0 Å². The Morgan fingerprint density at radius 2 is 2.03 bits per heavy atom. The quantitative estimate of drug-likeness (QED) is 0.697. The van der Waals surface area contributed by atoms with Gasteiger partial charge in [-0.25, -0.2) is 0 Å². The van der Waals surface area contributed by atoms with Gasteiger partial charge in [0.2, 0.25) is 11.8 Å². The fourth-order valence-corrected chi connectivity index (χ4v) is 5.23. The number of amides is 2. The summed E-state index contributed by atoms with van der Waals surface area (Å²) in [7, 11) is 0. The lowest BCUT2D eigenvalue weighted by Gasteiger charge is -2.29. The minimum Gasteiger partial charge on any atom is -0.378 e. The van der Waals surface area contributed by atoms with E-state index in [2.05, 4.69) is 15.2 Å². The molecule has 0 unspecified atom stereocenters. The van der Waals surface area contributed by atoms with Crippen LogP contribution in [0.1, 0.15) is 32.4 Å². The zero-order chi connectivity index (χ0) is 21.8. The first-order valence-corrected chi connectivity index (χ1v) is 11.4. The highest BCUT2D eigenvalue weighted by atomic mass is 16.5. The van der Waals surface area contributed by atoms with Gasteiger partial charge in [0, 0.05) is 56.8 Å². The predicted octanol–water partition coefficient (Wildman–Crippen LogP) is 1.06. The van der Waals surface area contributed by atoms with E-state index in [1.54, 1.807) is 0 Å². The van der Waals surface area contributed by atoms with E-state index in [1.807, 2.05) is 43.1 Å². The van der Waals surface area contributed by atoms with E-state index in [0.29, 0.717) is 45.8 Å². The molecule has 8 nitrogen and oxygen atoms in total. The van der Waals surface area contributed by atoms with Crippen LogP contribution in [-0.2, 0) is 25.6 Å². The third-order valence-electron chi connectivity index (χ3n) is 6.57. The summed E-state index contributed by atoms with van der Waals surface area (Å²) in [6, 6.07) is 6.28. The summed E-state index contributed by atoms with van der Waals surface area (Å²) in [5, 5.41) is 3.02. The van der Waals surface area contributed by atoms with Crippen molar-refractivity contribution < 1.29 is 19.1 Å². The topological polar surface area (TPSA) is 84.0 Å². The second-order valence-electron chi connectivity index (χ2n) is 9.15. The number of ether oxygens (including phenoxy) is 2. The molecule has 3 fully saturated rings. The first kappa shape index (κ1) is 22.2. The molecule has 0 radical (unpaired) electrons. The van der Waals surface area contributed by atoms with Crippen LogP contribution in [0.25, 0.3) is 0 Å². The fraction of sp³-hybridized carbons (Fsp3) is 0.696. The number of carbonyl (C=O) groups excluding carboxylic acids is 2. The minimum absolute atomic E-state index is 0.0728. The van der Waals surface area contributed by atoms with E-state index in [4.69, 9.17) is 9.47 Å². The van der Waals surface area contributed by atoms with Gasteiger partial charge >= 0.3 is 0 Å². The number of aromatic nitrogens is 1. The van der Waals surface area contributed by atoms with E-state index in [0.717, 1.165) is 18.8 Å². The minimum atomic E-state index is -0.147. The van der Waals surface area contributed by atoms with Gasteiger partial charge in [0.15, 0.2) is 0 Å². The molecular weight excluding hydrogens is 396 g/mol. The van der Waals surface area contributed by atoms with Gasteiger partial charge < -0.3 is 19.7 Å². The number of nitrogens with one attached hydrogen (secondary N) is 1. The molecular formula is C23H34N4O4. The molecule has 1 N–H and O–H groups in total. The summed E-state index contributed by atoms with van der Waals surface area (Å²) in [6.45, 7) is 8.59. The lowest BCUT2D eigenvalue weighted by atomic mass is 9.84. The van der Waals surface area contributed by atoms with Crippen molar-refractivity contribution >= 4 is 11.8 Å². The van der Waals surface area contributed by atoms with Gasteiger partial charge in [0.05, 0.1) is 38.0 Å². The molecule has 31 heavy (non-hydrogen) atoms. The van der Waals surface area contributed by atoms with E-state index >= 15 is 0 Å². The Kier molecular flexibility index (Phi) is 7.20. The number of carbonyl (C=O) groups is 2. The molecule has 3 aliphatic rings. The summed E-state index contributed by atoms with van der Waals surface area (Å²) in [5.41, 5.74) is 1.02. The number of morpholine rings is 1. The van der Waals surface area contributed by atoms with Crippen molar-refractivity contribution in [2.45, 2.75) is 51.4 Å². The van der Waals surface area contributed by atoms with E-state index in [9.17, 15) is 9.59 Å². The third kappa shape index (κ3) is 5.42. The molecule has 0 bridgehead atoms. The molecule has 2 amide bonds. The third-order valence-corrected chi connectivity index (χ3v) is 6.57. The SMILES string of the molecule is CC(C)NC(=O)C[C@@H]1CN(Cc2ccccn2)[C@@H]2CO[C@@H](CC(=O)N3CCOCC3)[C@H]12. The van der Waals surface area contributed by atoms with Gasteiger partial charge in [-0.1, -0.05) is 6.07 Å². The van der Waals surface area contributed by atoms with Crippen molar-refractivity contribution in [2.75, 3.05) is 39.5 Å². The van der Waals surface area contributed by atoms with Crippen molar-refractivity contribution in [2.24, 2.45) is 11.8 Å². The van der Waals surface area contributed by atoms with Crippen LogP contribution < -0.4 is 5.32 Å². The van der Waals surface area contributed by atoms with Crippen LogP contribution in [0.5, 0.6) is 0 Å². The smallest absolute Gasteiger partial charge is 0.225 e. The van der Waals surface area contributed by atoms with Gasteiger partial charge in [-0.05, 0) is 31.9 Å². The van der Waals surface area contributed by atoms with E-state index < -0.39 is 0 Å². The predicted molar refractivity (Wildman–Crippen MR) is 115 cm³/mol. The first-order chi connectivity index (χ1) is 15.0. The number of fused-ring (bicyclic) bond motifs is 1. The Bertz CT molecular complexity index is 753. The number of pyridine rings is 1. The number of likely N-dealkylation sites (tertiary alicyclic amines) is 1. The summed E-state index contributed by atoms with van der Waals surface area (Å²) in [5.74, 6) is 0.537. The zero-order valence-electron chi connectivity index (χ0n) is 18.5. The molecule has 8 heteroatoms. The average molecular weight is 431 g/mol. The Morgan fingerprint density at radius 3 is 2.74 bits per heavy atom. The maximum absolute atomic E-state index is 12.9. The number of hydrogen-bond donors (Lipinski definition) is 1. The Morgan fingerprint density at radius 1 is 1.23 bits per heavy atom. The highest BCUT2D eigenvalue weighted by Gasteiger charge is 2.51. The molecule has 4 rings (SSSR count). The lowest BCUT2D eigenvalue weighted by Crippen LogP contribution is -2.43. The van der Waals surface area contributed by atoms with Crippen LogP contribution >= 0.6 is 0 Å². The summed E-state index contributed by atoms with van der Waals surface area (Å²) in [4.78, 5) is 34.2. The molecule has 0 aliphatic carbocycles. The molecule has 170 valence electrons. The van der Waals surface area contributed by atoms with Crippen molar-refractivity contribution in [3.63, 3.8) is 0 Å². The highest BCUT2D eigenvalue weighted by Crippen LogP contribution is 2.42. The van der Waals surface area contributed by atoms with Crippen molar-refractivity contribution in [3.8, 4) is 0 Å². The van der Waals surface area contributed by atoms with Gasteiger partial charge in [-0.3, -0.25) is 19.5 Å². The molecule has 4 heterocycles. The van der Waals surface area contributed by atoms with Crippen LogP contribution in [-0.4, -0.2) is 84.2 Å². The lowest BCUT2D eigenvalue weighted by molar-refractivity contribution is -0.138. The Labute approximate surface area is 184 Å². The van der Waals surface area contributed by atoms with Gasteiger partial charge in [0.1, 0.15) is 0 Å². The summed E-state index contributed by atoms with van der Waals surface area (Å²) < 4.78 is 11.5. The number of hydrogen-bond acceptors (Lipinski definition) is 6. The largest absolute Gasteiger partial charge is 0.378 e. The van der Waals surface area contributed by atoms with Crippen molar-refractivity contribution in [3.05, 3.63) is 30.1 Å². The van der Waals surface area contributed by atoms with E-state index in [-0.39, 0.29) is 41.8 Å². The molecule has 1 aromatic rings. The maximum atomic E-state index is 12.9. The Balaban J connectivity index is 1.46. The average Bonchev–Trinajstić information content (AvgIpc) is 3.31. The molecule has 3 saturated heterocycles. The molecule has 0 spiro atoms. The molecule has 1 aromatic heterocycles. The molecule has 3 aliphatic heterocycles. The van der Waals surface area contributed by atoms with Crippen LogP contribution in [0.2, 0.25) is 0 Å². The number of nitrogens with zero attached hydrogens (tertiary/aromatic N) is 3. The second kappa shape index (κ2) is 10.1. The fourth-order valence-electron chi connectivity index (χ4n) is 5.23. The summed E-state index contributed by atoms with van der Waals surface area (Å²) >= 11 is 0. The van der Waals surface area contributed by atoms with Gasteiger partial charge in [-0.15, -0.1) is 0 Å². The Hall–Kier alpha value is -2.03. The summed E-state index contributed by atoms with van der Waals surface area (Å²) in [6.07, 6.45) is 2.50. The van der Waals surface area contributed by atoms with Crippen LogP contribution in [0.15, 0.2) is 24.4 Å². The van der Waals surface area contributed by atoms with Crippen LogP contribution in [0, 0.1) is 11.8 Å². The monoisotopic (exact) mass is 430 g/mol. The first-order valence-electron chi connectivity index (χ1n) is 11.4. The zero-order valence-corrected chi connectivity index (χ0v) is 18.5. The highest BCUT2D eigenvalue weighted by molar-refractivity contribution is 5.77. The second-order valence-corrected chi connectivity index (χ2v) is 9.15. The van der Waals surface area contributed by atoms with Gasteiger partial charge in [-0.2, -0.15) is 0 Å². The maximum Gasteiger partial charge on any atom is 0.225 e. The molecule has 0 aromatic carbocycles. The van der Waals surface area contributed by atoms with Gasteiger partial charge in [0.25, 0.3) is 0 Å². The van der Waals surface area contributed by atoms with Crippen LogP contribution in [0.4, 0.5) is 0 Å². The van der Waals surface area contributed by atoms with Crippen molar-refractivity contribution in [1.82, 2.24) is 20.1 Å². The molecule has 0 saturated carbocycles. The van der Waals surface area contributed by atoms with Crippen LogP contribution in [0.3, 0.4) is 0 Å². The normalized spacial score (nSPS) is 28.7. The van der Waals surface area contributed by atoms with Crippen molar-refractivity contribution in [1.29, 1.82) is 0 Å². The number of rotatable bonds is 7. The molecule has 4 atom stereocenters. The standard InChI is InChI=1S/C23H34N4O4/c1-16(2)25-21(28)11-17-13-27(14-18-5-3-4-6-24-18)19-15-31-20(23(17)19)12-22(29)26-7-9-30-10-8-26/h3-6,16-17,19-20,23H,7-15H2,1-2H3,(H,25,28)/t17-,19-,20+,23-/m1/s1.